The number of nitrogens with one attached hydrogen (secondary N) is 3. The second-order valence-electron chi connectivity index (χ2n) is 6.76. The summed E-state index contributed by atoms with van der Waals surface area (Å²) in [4.78, 5) is 23.5. The Morgan fingerprint density at radius 3 is 2.52 bits per heavy atom. The topological polar surface area (TPSA) is 140 Å². The van der Waals surface area contributed by atoms with E-state index in [-0.39, 0.29) is 22.7 Å². The molecule has 10 nitrogen and oxygen atoms in total. The fourth-order valence-corrected chi connectivity index (χ4v) is 4.02. The third-order valence-electron chi connectivity index (χ3n) is 4.40. The minimum absolute atomic E-state index is 0.0164. The zero-order valence-electron chi connectivity index (χ0n) is 17.6. The zero-order valence-corrected chi connectivity index (χ0v) is 18.4. The number of amides is 1. The van der Waals surface area contributed by atoms with Crippen LogP contribution in [0.3, 0.4) is 0 Å². The fraction of sp³-hybridized carbons (Fsp3) is 0.350. The van der Waals surface area contributed by atoms with E-state index in [0.717, 1.165) is 0 Å². The van der Waals surface area contributed by atoms with Gasteiger partial charge in [-0.05, 0) is 43.2 Å². The molecule has 2 aromatic rings. The maximum atomic E-state index is 12.7. The molecule has 0 aliphatic carbocycles. The second kappa shape index (κ2) is 10.7. The van der Waals surface area contributed by atoms with Gasteiger partial charge in [-0.15, -0.1) is 0 Å². The van der Waals surface area contributed by atoms with Crippen LogP contribution in [0.15, 0.2) is 36.4 Å². The van der Waals surface area contributed by atoms with Gasteiger partial charge in [0, 0.05) is 31.0 Å². The Kier molecular flexibility index (Phi) is 8.34. The van der Waals surface area contributed by atoms with Crippen molar-refractivity contribution < 1.29 is 22.9 Å². The van der Waals surface area contributed by atoms with Crippen LogP contribution in [0.2, 0.25) is 0 Å². The summed E-state index contributed by atoms with van der Waals surface area (Å²) in [5.74, 6) is -0.569. The number of ether oxygens (including phenoxy) is 1. The highest BCUT2D eigenvalue weighted by atomic mass is 32.2. The van der Waals surface area contributed by atoms with E-state index in [2.05, 4.69) is 15.4 Å². The molecule has 0 unspecified atom stereocenters. The number of carbonyl (C=O) groups is 1. The van der Waals surface area contributed by atoms with Gasteiger partial charge in [0.1, 0.15) is 5.69 Å². The molecule has 168 valence electrons. The van der Waals surface area contributed by atoms with E-state index in [1.807, 2.05) is 0 Å². The minimum atomic E-state index is -3.49. The molecule has 0 spiro atoms. The van der Waals surface area contributed by atoms with E-state index >= 15 is 0 Å². The van der Waals surface area contributed by atoms with Gasteiger partial charge in [0.2, 0.25) is 10.0 Å². The molecule has 3 N–H and O–H groups in total. The number of rotatable bonds is 11. The van der Waals surface area contributed by atoms with Crippen LogP contribution >= 0.6 is 0 Å². The van der Waals surface area contributed by atoms with E-state index in [1.165, 1.54) is 25.3 Å². The van der Waals surface area contributed by atoms with E-state index in [1.54, 1.807) is 32.0 Å². The van der Waals surface area contributed by atoms with Crippen LogP contribution < -0.4 is 15.4 Å². The molecule has 0 saturated carbocycles. The highest BCUT2D eigenvalue weighted by molar-refractivity contribution is 7.92. The molecular weight excluding hydrogens is 424 g/mol. The Balaban J connectivity index is 2.24. The zero-order chi connectivity index (χ0) is 23.0. The molecular formula is C20H26N4O6S. The quantitative estimate of drug-likeness (QED) is 0.271. The molecule has 0 atom stereocenters. The number of hydrogen-bond acceptors (Lipinski definition) is 7. The highest BCUT2D eigenvalue weighted by Crippen LogP contribution is 2.28. The monoisotopic (exact) mass is 450 g/mol. The van der Waals surface area contributed by atoms with E-state index < -0.39 is 20.9 Å². The average molecular weight is 451 g/mol. The molecule has 0 aromatic heterocycles. The molecule has 31 heavy (non-hydrogen) atoms. The van der Waals surface area contributed by atoms with Crippen LogP contribution in [0.5, 0.6) is 0 Å². The molecule has 1 amide bonds. The summed E-state index contributed by atoms with van der Waals surface area (Å²) < 4.78 is 31.5. The molecule has 2 rings (SSSR count). The summed E-state index contributed by atoms with van der Waals surface area (Å²) in [6.07, 6.45) is 0.472. The molecule has 0 aliphatic heterocycles. The van der Waals surface area contributed by atoms with Crippen molar-refractivity contribution in [2.45, 2.75) is 20.3 Å². The first-order valence-corrected chi connectivity index (χ1v) is 11.3. The Morgan fingerprint density at radius 2 is 1.87 bits per heavy atom. The maximum absolute atomic E-state index is 12.7. The number of sulfonamides is 1. The van der Waals surface area contributed by atoms with Crippen LogP contribution in [0.25, 0.3) is 0 Å². The number of anilines is 3. The van der Waals surface area contributed by atoms with Gasteiger partial charge >= 0.3 is 0 Å². The summed E-state index contributed by atoms with van der Waals surface area (Å²) in [6, 6.07) is 8.96. The van der Waals surface area contributed by atoms with Gasteiger partial charge in [-0.25, -0.2) is 8.42 Å². The van der Waals surface area contributed by atoms with Crippen LogP contribution in [0, 0.1) is 17.0 Å². The standard InChI is InChI=1S/C20H26N4O6S/c1-4-12-31(28,29)23-17-7-5-6-16(14(17)2)22-20(25)15-8-9-18(21-10-11-30-3)19(13-15)24(26)27/h5-9,13,21,23H,4,10-12H2,1-3H3,(H,22,25). The van der Waals surface area contributed by atoms with Gasteiger partial charge in [0.15, 0.2) is 0 Å². The van der Waals surface area contributed by atoms with Gasteiger partial charge in [0.05, 0.1) is 23.0 Å². The van der Waals surface area contributed by atoms with Crippen molar-refractivity contribution in [3.8, 4) is 0 Å². The Morgan fingerprint density at radius 1 is 1.16 bits per heavy atom. The second-order valence-corrected chi connectivity index (χ2v) is 8.60. The SMILES string of the molecule is CCCS(=O)(=O)Nc1cccc(NC(=O)c2ccc(NCCOC)c([N+](=O)[O-])c2)c1C. The van der Waals surface area contributed by atoms with Crippen molar-refractivity contribution in [3.63, 3.8) is 0 Å². The molecule has 11 heteroatoms. The van der Waals surface area contributed by atoms with Crippen LogP contribution in [0.1, 0.15) is 29.3 Å². The molecule has 0 saturated heterocycles. The first kappa shape index (κ1) is 24.1. The van der Waals surface area contributed by atoms with Crippen molar-refractivity contribution >= 4 is 38.7 Å². The van der Waals surface area contributed by atoms with E-state index in [4.69, 9.17) is 4.74 Å². The minimum Gasteiger partial charge on any atom is -0.383 e. The lowest BCUT2D eigenvalue weighted by molar-refractivity contribution is -0.384. The van der Waals surface area contributed by atoms with Crippen LogP contribution in [0.4, 0.5) is 22.7 Å². The number of carbonyl (C=O) groups excluding carboxylic acids is 1. The molecule has 0 radical (unpaired) electrons. The van der Waals surface area contributed by atoms with Crippen molar-refractivity contribution in [2.24, 2.45) is 0 Å². The van der Waals surface area contributed by atoms with Gasteiger partial charge in [-0.3, -0.25) is 19.6 Å². The number of benzene rings is 2. The van der Waals surface area contributed by atoms with Crippen LogP contribution in [-0.4, -0.2) is 45.3 Å². The average Bonchev–Trinajstić information content (AvgIpc) is 2.71. The largest absolute Gasteiger partial charge is 0.383 e. The summed E-state index contributed by atoms with van der Waals surface area (Å²) in [5.41, 5.74) is 1.42. The number of nitro benzene ring substituents is 1. The van der Waals surface area contributed by atoms with E-state index in [0.29, 0.717) is 36.5 Å². The predicted molar refractivity (Wildman–Crippen MR) is 120 cm³/mol. The van der Waals surface area contributed by atoms with Gasteiger partial charge < -0.3 is 15.4 Å². The molecule has 0 fully saturated rings. The number of nitrogens with zero attached hydrogens (tertiary/aromatic N) is 1. The molecule has 0 bridgehead atoms. The first-order valence-electron chi connectivity index (χ1n) is 9.61. The lowest BCUT2D eigenvalue weighted by atomic mass is 10.1. The van der Waals surface area contributed by atoms with Gasteiger partial charge in [0.25, 0.3) is 11.6 Å². The summed E-state index contributed by atoms with van der Waals surface area (Å²) in [6.45, 7) is 4.19. The van der Waals surface area contributed by atoms with Crippen molar-refractivity contribution in [1.29, 1.82) is 0 Å². The number of nitro groups is 1. The van der Waals surface area contributed by atoms with Crippen molar-refractivity contribution in [3.05, 3.63) is 57.6 Å². The smallest absolute Gasteiger partial charge is 0.293 e. The van der Waals surface area contributed by atoms with Crippen LogP contribution in [-0.2, 0) is 14.8 Å². The van der Waals surface area contributed by atoms with Crippen molar-refractivity contribution in [2.75, 3.05) is 41.4 Å². The van der Waals surface area contributed by atoms with Crippen molar-refractivity contribution in [1.82, 2.24) is 0 Å². The summed E-state index contributed by atoms with van der Waals surface area (Å²) >= 11 is 0. The summed E-state index contributed by atoms with van der Waals surface area (Å²) in [5, 5.41) is 17.0. The first-order chi connectivity index (χ1) is 14.7. The lowest BCUT2D eigenvalue weighted by Gasteiger charge is -2.14. The third kappa shape index (κ3) is 6.66. The third-order valence-corrected chi connectivity index (χ3v) is 5.88. The fourth-order valence-electron chi connectivity index (χ4n) is 2.82. The summed E-state index contributed by atoms with van der Waals surface area (Å²) in [7, 11) is -1.96. The number of hydrogen-bond donors (Lipinski definition) is 3. The van der Waals surface area contributed by atoms with Gasteiger partial charge in [-0.1, -0.05) is 13.0 Å². The Bertz CT molecular complexity index is 1060. The van der Waals surface area contributed by atoms with Gasteiger partial charge in [-0.2, -0.15) is 0 Å². The normalized spacial score (nSPS) is 11.1. The Hall–Kier alpha value is -3.18. The molecule has 0 aliphatic rings. The molecule has 2 aromatic carbocycles. The maximum Gasteiger partial charge on any atom is 0.293 e. The predicted octanol–water partition coefficient (Wildman–Crippen LogP) is 3.37. The number of methoxy groups -OCH3 is 1. The molecule has 0 heterocycles. The lowest BCUT2D eigenvalue weighted by Crippen LogP contribution is -2.18. The highest BCUT2D eigenvalue weighted by Gasteiger charge is 2.19. The van der Waals surface area contributed by atoms with E-state index in [9.17, 15) is 23.3 Å². The Labute approximate surface area is 181 Å².